The first-order valence-corrected chi connectivity index (χ1v) is 4.96. The van der Waals surface area contributed by atoms with Gasteiger partial charge < -0.3 is 10.5 Å². The molecule has 0 amide bonds. The first-order valence-electron chi connectivity index (χ1n) is 4.96. The summed E-state index contributed by atoms with van der Waals surface area (Å²) in [6.07, 6.45) is 4.58. The van der Waals surface area contributed by atoms with Crippen LogP contribution in [0.4, 0.5) is 0 Å². The van der Waals surface area contributed by atoms with Crippen LogP contribution in [0.1, 0.15) is 27.2 Å². The molecule has 0 aliphatic carbocycles. The van der Waals surface area contributed by atoms with E-state index in [9.17, 15) is 4.79 Å². The van der Waals surface area contributed by atoms with E-state index in [1.165, 1.54) is 0 Å². The number of rotatable bonds is 6. The molecule has 0 aliphatic heterocycles. The summed E-state index contributed by atoms with van der Waals surface area (Å²) in [6, 6.07) is 0. The lowest BCUT2D eigenvalue weighted by molar-refractivity contribution is -0.135. The van der Waals surface area contributed by atoms with Crippen molar-refractivity contribution in [2.75, 3.05) is 6.54 Å². The zero-order valence-corrected chi connectivity index (χ0v) is 9.45. The van der Waals surface area contributed by atoms with Gasteiger partial charge in [0.2, 0.25) is 0 Å². The third-order valence-corrected chi connectivity index (χ3v) is 2.01. The minimum atomic E-state index is -0.952. The standard InChI is InChI=1S/C11H18N2O2/c1-4-5-6-10(8(2)9(3)12)13-7-11(14)15/h5-6,8,12H,4,7H2,1-3H3,(H,14,15)/b6-5-,12-9?,13-10?. The van der Waals surface area contributed by atoms with E-state index in [0.717, 1.165) is 6.42 Å². The number of nitrogens with zero attached hydrogens (tertiary/aromatic N) is 1. The van der Waals surface area contributed by atoms with Crippen molar-refractivity contribution in [2.45, 2.75) is 27.2 Å². The van der Waals surface area contributed by atoms with Gasteiger partial charge in [0.25, 0.3) is 0 Å². The zero-order valence-electron chi connectivity index (χ0n) is 9.45. The number of aliphatic imine (C=N–C) groups is 1. The van der Waals surface area contributed by atoms with Gasteiger partial charge in [0, 0.05) is 17.3 Å². The summed E-state index contributed by atoms with van der Waals surface area (Å²) >= 11 is 0. The highest BCUT2D eigenvalue weighted by Crippen LogP contribution is 2.03. The fourth-order valence-corrected chi connectivity index (χ4v) is 0.953. The number of carboxylic acid groups (broad SMARTS) is 1. The van der Waals surface area contributed by atoms with E-state index in [-0.39, 0.29) is 12.5 Å². The SMILES string of the molecule is CC/C=C\C(=NCC(=O)O)C(C)C(C)=N. The van der Waals surface area contributed by atoms with Gasteiger partial charge in [-0.25, -0.2) is 0 Å². The van der Waals surface area contributed by atoms with Crippen LogP contribution in [0.15, 0.2) is 17.1 Å². The molecular formula is C11H18N2O2. The van der Waals surface area contributed by atoms with E-state index in [2.05, 4.69) is 4.99 Å². The molecule has 2 N–H and O–H groups in total. The number of hydrogen-bond acceptors (Lipinski definition) is 3. The summed E-state index contributed by atoms with van der Waals surface area (Å²) in [4.78, 5) is 14.4. The number of allylic oxidation sites excluding steroid dienone is 2. The molecule has 1 unspecified atom stereocenters. The molecule has 4 nitrogen and oxygen atoms in total. The van der Waals surface area contributed by atoms with Crippen LogP contribution in [0.5, 0.6) is 0 Å². The molecule has 0 saturated heterocycles. The van der Waals surface area contributed by atoms with Crippen molar-refractivity contribution in [3.8, 4) is 0 Å². The highest BCUT2D eigenvalue weighted by molar-refractivity contribution is 6.10. The predicted molar refractivity (Wildman–Crippen MR) is 61.9 cm³/mol. The van der Waals surface area contributed by atoms with E-state index in [1.807, 2.05) is 19.9 Å². The Labute approximate surface area is 90.2 Å². The van der Waals surface area contributed by atoms with Gasteiger partial charge in [-0.05, 0) is 19.4 Å². The van der Waals surface area contributed by atoms with Crippen molar-refractivity contribution in [1.82, 2.24) is 0 Å². The van der Waals surface area contributed by atoms with Crippen molar-refractivity contribution in [1.29, 1.82) is 5.41 Å². The Morgan fingerprint density at radius 1 is 1.60 bits per heavy atom. The summed E-state index contributed by atoms with van der Waals surface area (Å²) in [5.41, 5.74) is 1.15. The maximum absolute atomic E-state index is 10.4. The monoisotopic (exact) mass is 210 g/mol. The van der Waals surface area contributed by atoms with E-state index in [1.54, 1.807) is 13.0 Å². The molecule has 0 aromatic carbocycles. The lowest BCUT2D eigenvalue weighted by Crippen LogP contribution is -2.17. The molecule has 84 valence electrons. The second kappa shape index (κ2) is 6.92. The molecule has 1 atom stereocenters. The molecule has 0 spiro atoms. The fourth-order valence-electron chi connectivity index (χ4n) is 0.953. The molecule has 0 bridgehead atoms. The minimum Gasteiger partial charge on any atom is -0.480 e. The van der Waals surface area contributed by atoms with E-state index >= 15 is 0 Å². The third-order valence-electron chi connectivity index (χ3n) is 2.01. The summed E-state index contributed by atoms with van der Waals surface area (Å²) in [5.74, 6) is -1.07. The number of hydrogen-bond donors (Lipinski definition) is 2. The molecular weight excluding hydrogens is 192 g/mol. The van der Waals surface area contributed by atoms with Crippen molar-refractivity contribution in [3.05, 3.63) is 12.2 Å². The highest BCUT2D eigenvalue weighted by Gasteiger charge is 2.10. The molecule has 15 heavy (non-hydrogen) atoms. The Morgan fingerprint density at radius 2 is 2.20 bits per heavy atom. The largest absolute Gasteiger partial charge is 0.480 e. The normalized spacial score (nSPS) is 14.2. The van der Waals surface area contributed by atoms with Gasteiger partial charge in [0.1, 0.15) is 6.54 Å². The van der Waals surface area contributed by atoms with Crippen LogP contribution in [0.25, 0.3) is 0 Å². The second-order valence-electron chi connectivity index (χ2n) is 3.35. The molecule has 0 radical (unpaired) electrons. The van der Waals surface area contributed by atoms with Gasteiger partial charge >= 0.3 is 5.97 Å². The summed E-state index contributed by atoms with van der Waals surface area (Å²) in [7, 11) is 0. The van der Waals surface area contributed by atoms with Crippen LogP contribution in [0.2, 0.25) is 0 Å². The Hall–Kier alpha value is -1.45. The molecule has 0 fully saturated rings. The maximum Gasteiger partial charge on any atom is 0.325 e. The molecule has 0 aliphatic rings. The zero-order chi connectivity index (χ0) is 11.8. The van der Waals surface area contributed by atoms with Gasteiger partial charge in [-0.3, -0.25) is 9.79 Å². The number of nitrogens with one attached hydrogen (secondary N) is 1. The van der Waals surface area contributed by atoms with Crippen LogP contribution in [0.3, 0.4) is 0 Å². The Kier molecular flexibility index (Phi) is 6.25. The van der Waals surface area contributed by atoms with Crippen molar-refractivity contribution in [3.63, 3.8) is 0 Å². The van der Waals surface area contributed by atoms with Crippen molar-refractivity contribution >= 4 is 17.4 Å². The summed E-state index contributed by atoms with van der Waals surface area (Å²) < 4.78 is 0. The third kappa shape index (κ3) is 5.78. The molecule has 0 aromatic rings. The van der Waals surface area contributed by atoms with Gasteiger partial charge in [-0.1, -0.05) is 19.9 Å². The van der Waals surface area contributed by atoms with Gasteiger partial charge in [0.05, 0.1) is 0 Å². The van der Waals surface area contributed by atoms with Crippen LogP contribution in [0, 0.1) is 11.3 Å². The van der Waals surface area contributed by atoms with Crippen molar-refractivity contribution < 1.29 is 9.90 Å². The van der Waals surface area contributed by atoms with Gasteiger partial charge in [0.15, 0.2) is 0 Å². The molecule has 0 heterocycles. The fraction of sp³-hybridized carbons (Fsp3) is 0.545. The lowest BCUT2D eigenvalue weighted by Gasteiger charge is -2.09. The van der Waals surface area contributed by atoms with E-state index < -0.39 is 5.97 Å². The smallest absolute Gasteiger partial charge is 0.325 e. The average Bonchev–Trinajstić information content (AvgIpc) is 2.16. The average molecular weight is 210 g/mol. The second-order valence-corrected chi connectivity index (χ2v) is 3.35. The Balaban J connectivity index is 4.71. The van der Waals surface area contributed by atoms with Gasteiger partial charge in [-0.15, -0.1) is 0 Å². The molecule has 0 aromatic heterocycles. The van der Waals surface area contributed by atoms with E-state index in [4.69, 9.17) is 10.5 Å². The molecule has 0 saturated carbocycles. The molecule has 0 rings (SSSR count). The van der Waals surface area contributed by atoms with Crippen LogP contribution in [-0.2, 0) is 4.79 Å². The minimum absolute atomic E-state index is 0.118. The number of carboxylic acids is 1. The number of aliphatic carboxylic acids is 1. The first-order chi connectivity index (χ1) is 6.99. The Morgan fingerprint density at radius 3 is 2.60 bits per heavy atom. The maximum atomic E-state index is 10.4. The van der Waals surface area contributed by atoms with E-state index in [0.29, 0.717) is 11.4 Å². The number of carbonyl (C=O) groups is 1. The van der Waals surface area contributed by atoms with Crippen LogP contribution in [-0.4, -0.2) is 29.0 Å². The van der Waals surface area contributed by atoms with Crippen LogP contribution < -0.4 is 0 Å². The quantitative estimate of drug-likeness (QED) is 0.659. The summed E-state index contributed by atoms with van der Waals surface area (Å²) in [5, 5.41) is 16.0. The first kappa shape index (κ1) is 13.5. The topological polar surface area (TPSA) is 73.5 Å². The Bertz CT molecular complexity index is 293. The predicted octanol–water partition coefficient (Wildman–Crippen LogP) is 2.15. The molecule has 4 heteroatoms. The lowest BCUT2D eigenvalue weighted by atomic mass is 10.00. The van der Waals surface area contributed by atoms with Crippen molar-refractivity contribution in [2.24, 2.45) is 10.9 Å². The highest BCUT2D eigenvalue weighted by atomic mass is 16.4. The van der Waals surface area contributed by atoms with Gasteiger partial charge in [-0.2, -0.15) is 0 Å². The summed E-state index contributed by atoms with van der Waals surface area (Å²) in [6.45, 7) is 5.30. The van der Waals surface area contributed by atoms with Crippen LogP contribution >= 0.6 is 0 Å².